The summed E-state index contributed by atoms with van der Waals surface area (Å²) >= 11 is 0. The van der Waals surface area contributed by atoms with Gasteiger partial charge in [0.2, 0.25) is 5.91 Å². The summed E-state index contributed by atoms with van der Waals surface area (Å²) in [6.07, 6.45) is 1.57. The molecule has 1 aromatic heterocycles. The van der Waals surface area contributed by atoms with Crippen LogP contribution in [0.3, 0.4) is 0 Å². The molecule has 0 saturated carbocycles. The van der Waals surface area contributed by atoms with Crippen LogP contribution >= 0.6 is 0 Å². The molecule has 0 spiro atoms. The molecular formula is C11H16N4O2. The number of nitrogens with one attached hydrogen (secondary N) is 2. The molecule has 1 heterocycles. The Morgan fingerprint density at radius 1 is 1.53 bits per heavy atom. The van der Waals surface area contributed by atoms with E-state index in [1.165, 1.54) is 4.68 Å². The second kappa shape index (κ2) is 5.83. The van der Waals surface area contributed by atoms with Gasteiger partial charge in [0.1, 0.15) is 5.69 Å². The summed E-state index contributed by atoms with van der Waals surface area (Å²) in [6, 6.07) is 1.66. The zero-order valence-corrected chi connectivity index (χ0v) is 9.99. The van der Waals surface area contributed by atoms with Crippen molar-refractivity contribution in [3.05, 3.63) is 30.1 Å². The number of hydrogen-bond donors (Lipinski definition) is 2. The summed E-state index contributed by atoms with van der Waals surface area (Å²) in [6.45, 7) is 5.61. The monoisotopic (exact) mass is 236 g/mol. The van der Waals surface area contributed by atoms with Crippen molar-refractivity contribution in [3.8, 4) is 0 Å². The zero-order valence-electron chi connectivity index (χ0n) is 9.99. The Morgan fingerprint density at radius 2 is 2.24 bits per heavy atom. The molecule has 2 amide bonds. The highest BCUT2D eigenvalue weighted by Crippen LogP contribution is 2.00. The highest BCUT2D eigenvalue weighted by atomic mass is 16.2. The lowest BCUT2D eigenvalue weighted by molar-refractivity contribution is -0.119. The average molecular weight is 236 g/mol. The van der Waals surface area contributed by atoms with Crippen molar-refractivity contribution in [2.75, 3.05) is 13.1 Å². The minimum absolute atomic E-state index is 0.0586. The van der Waals surface area contributed by atoms with E-state index in [1.54, 1.807) is 26.1 Å². The van der Waals surface area contributed by atoms with Crippen molar-refractivity contribution in [1.29, 1.82) is 0 Å². The van der Waals surface area contributed by atoms with E-state index in [0.717, 1.165) is 5.69 Å². The maximum absolute atomic E-state index is 11.7. The van der Waals surface area contributed by atoms with Gasteiger partial charge in [-0.1, -0.05) is 6.08 Å². The van der Waals surface area contributed by atoms with Gasteiger partial charge < -0.3 is 10.6 Å². The third-order valence-corrected chi connectivity index (χ3v) is 2.09. The van der Waals surface area contributed by atoms with Crippen LogP contribution in [-0.2, 0) is 11.8 Å². The van der Waals surface area contributed by atoms with Crippen LogP contribution in [-0.4, -0.2) is 34.7 Å². The lowest BCUT2D eigenvalue weighted by Gasteiger charge is -2.05. The molecule has 0 aromatic carbocycles. The molecule has 0 radical (unpaired) electrons. The zero-order chi connectivity index (χ0) is 12.8. The molecule has 92 valence electrons. The lowest BCUT2D eigenvalue weighted by atomic mass is 10.3. The van der Waals surface area contributed by atoms with Gasteiger partial charge >= 0.3 is 0 Å². The molecular weight excluding hydrogens is 220 g/mol. The Bertz CT molecular complexity index is 437. The Labute approximate surface area is 99.7 Å². The molecule has 0 fully saturated rings. The minimum atomic E-state index is -0.318. The third kappa shape index (κ3) is 3.75. The molecule has 1 aromatic rings. The predicted octanol–water partition coefficient (Wildman–Crippen LogP) is -0.239. The average Bonchev–Trinajstić information content (AvgIpc) is 2.62. The van der Waals surface area contributed by atoms with Gasteiger partial charge in [0.25, 0.3) is 5.91 Å². The molecule has 0 saturated heterocycles. The fourth-order valence-corrected chi connectivity index (χ4v) is 1.32. The van der Waals surface area contributed by atoms with Crippen LogP contribution in [0.5, 0.6) is 0 Å². The fourth-order valence-electron chi connectivity index (χ4n) is 1.32. The molecule has 6 nitrogen and oxygen atoms in total. The topological polar surface area (TPSA) is 76.0 Å². The maximum atomic E-state index is 11.7. The van der Waals surface area contributed by atoms with Crippen LogP contribution in [0.2, 0.25) is 0 Å². The molecule has 0 aliphatic rings. The van der Waals surface area contributed by atoms with Gasteiger partial charge in [-0.2, -0.15) is 5.10 Å². The molecule has 1 rings (SSSR count). The number of carbonyl (C=O) groups excluding carboxylic acids is 2. The number of aryl methyl sites for hydroxylation is 2. The van der Waals surface area contributed by atoms with E-state index in [2.05, 4.69) is 22.3 Å². The van der Waals surface area contributed by atoms with Crippen molar-refractivity contribution in [2.24, 2.45) is 7.05 Å². The van der Waals surface area contributed by atoms with E-state index in [0.29, 0.717) is 12.2 Å². The SMILES string of the molecule is C=CCNC(=O)CNC(=O)c1cc(C)nn1C. The predicted molar refractivity (Wildman–Crippen MR) is 63.5 cm³/mol. The van der Waals surface area contributed by atoms with Crippen molar-refractivity contribution >= 4 is 11.8 Å². The van der Waals surface area contributed by atoms with E-state index in [-0.39, 0.29) is 18.4 Å². The molecule has 0 unspecified atom stereocenters. The highest BCUT2D eigenvalue weighted by molar-refractivity contribution is 5.95. The number of hydrogen-bond acceptors (Lipinski definition) is 3. The standard InChI is InChI=1S/C11H16N4O2/c1-4-5-12-10(16)7-13-11(17)9-6-8(2)14-15(9)3/h4,6H,1,5,7H2,2-3H3,(H,12,16)(H,13,17). The van der Waals surface area contributed by atoms with Crippen LogP contribution < -0.4 is 10.6 Å². The van der Waals surface area contributed by atoms with Gasteiger partial charge in [-0.25, -0.2) is 0 Å². The smallest absolute Gasteiger partial charge is 0.269 e. The molecule has 6 heteroatoms. The van der Waals surface area contributed by atoms with E-state index in [4.69, 9.17) is 0 Å². The van der Waals surface area contributed by atoms with Crippen LogP contribution in [0.25, 0.3) is 0 Å². The van der Waals surface area contributed by atoms with Crippen LogP contribution in [0, 0.1) is 6.92 Å². The van der Waals surface area contributed by atoms with E-state index < -0.39 is 0 Å². The van der Waals surface area contributed by atoms with Gasteiger partial charge in [-0.05, 0) is 13.0 Å². The van der Waals surface area contributed by atoms with Crippen LogP contribution in [0.4, 0.5) is 0 Å². The number of amides is 2. The van der Waals surface area contributed by atoms with E-state index >= 15 is 0 Å². The highest BCUT2D eigenvalue weighted by Gasteiger charge is 2.12. The minimum Gasteiger partial charge on any atom is -0.351 e. The summed E-state index contributed by atoms with van der Waals surface area (Å²) in [5, 5.41) is 9.13. The summed E-state index contributed by atoms with van der Waals surface area (Å²) in [5.41, 5.74) is 1.19. The van der Waals surface area contributed by atoms with Crippen molar-refractivity contribution in [2.45, 2.75) is 6.92 Å². The molecule has 0 aliphatic carbocycles. The summed E-state index contributed by atoms with van der Waals surface area (Å²) in [4.78, 5) is 22.9. The third-order valence-electron chi connectivity index (χ3n) is 2.09. The first-order valence-electron chi connectivity index (χ1n) is 5.21. The summed E-state index contributed by atoms with van der Waals surface area (Å²) in [5.74, 6) is -0.570. The number of nitrogens with zero attached hydrogens (tertiary/aromatic N) is 2. The number of rotatable bonds is 5. The normalized spacial score (nSPS) is 9.76. The number of carbonyl (C=O) groups is 2. The maximum Gasteiger partial charge on any atom is 0.269 e. The second-order valence-corrected chi connectivity index (χ2v) is 3.57. The first-order chi connectivity index (χ1) is 8.04. The summed E-state index contributed by atoms with van der Waals surface area (Å²) < 4.78 is 1.48. The van der Waals surface area contributed by atoms with Gasteiger partial charge in [-0.3, -0.25) is 14.3 Å². The number of aromatic nitrogens is 2. The first-order valence-corrected chi connectivity index (χ1v) is 5.21. The molecule has 0 aliphatic heterocycles. The largest absolute Gasteiger partial charge is 0.351 e. The van der Waals surface area contributed by atoms with Crippen LogP contribution in [0.1, 0.15) is 16.2 Å². The molecule has 2 N–H and O–H groups in total. The van der Waals surface area contributed by atoms with E-state index in [1.807, 2.05) is 0 Å². The second-order valence-electron chi connectivity index (χ2n) is 3.57. The van der Waals surface area contributed by atoms with Gasteiger partial charge in [0, 0.05) is 13.6 Å². The fraction of sp³-hybridized carbons (Fsp3) is 0.364. The van der Waals surface area contributed by atoms with Crippen molar-refractivity contribution < 1.29 is 9.59 Å². The van der Waals surface area contributed by atoms with Gasteiger partial charge in [0.05, 0.1) is 12.2 Å². The van der Waals surface area contributed by atoms with Crippen molar-refractivity contribution in [1.82, 2.24) is 20.4 Å². The molecule has 0 bridgehead atoms. The van der Waals surface area contributed by atoms with Gasteiger partial charge in [0.15, 0.2) is 0 Å². The Morgan fingerprint density at radius 3 is 2.76 bits per heavy atom. The van der Waals surface area contributed by atoms with Crippen LogP contribution in [0.15, 0.2) is 18.7 Å². The van der Waals surface area contributed by atoms with E-state index in [9.17, 15) is 9.59 Å². The first kappa shape index (κ1) is 13.0. The molecule has 17 heavy (non-hydrogen) atoms. The quantitative estimate of drug-likeness (QED) is 0.693. The summed E-state index contributed by atoms with van der Waals surface area (Å²) in [7, 11) is 1.68. The Kier molecular flexibility index (Phi) is 4.45. The Balaban J connectivity index is 2.47. The lowest BCUT2D eigenvalue weighted by Crippen LogP contribution is -2.37. The Hall–Kier alpha value is -2.11. The molecule has 0 atom stereocenters. The van der Waals surface area contributed by atoms with Crippen molar-refractivity contribution in [3.63, 3.8) is 0 Å². The van der Waals surface area contributed by atoms with Gasteiger partial charge in [-0.15, -0.1) is 6.58 Å².